The summed E-state index contributed by atoms with van der Waals surface area (Å²) in [6.45, 7) is 5.58. The molecule has 2 N–H and O–H groups in total. The number of nitrogens with one attached hydrogen (secondary N) is 2. The SMILES string of the molecule is C[C@@H]1CNCCN1CC(=O)NC1(c2ccccc2)CCC1.Cl. The molecular formula is C17H26ClN3O. The van der Waals surface area contributed by atoms with E-state index in [0.29, 0.717) is 12.6 Å². The molecule has 1 heterocycles. The molecule has 0 bridgehead atoms. The van der Waals surface area contributed by atoms with Crippen LogP contribution in [0.4, 0.5) is 0 Å². The molecule has 2 fully saturated rings. The van der Waals surface area contributed by atoms with Crippen molar-refractivity contribution in [2.75, 3.05) is 26.2 Å². The molecule has 1 saturated heterocycles. The fraction of sp³-hybridized carbons (Fsp3) is 0.588. The molecule has 0 radical (unpaired) electrons. The lowest BCUT2D eigenvalue weighted by Crippen LogP contribution is -2.56. The smallest absolute Gasteiger partial charge is 0.234 e. The van der Waals surface area contributed by atoms with E-state index in [9.17, 15) is 4.79 Å². The summed E-state index contributed by atoms with van der Waals surface area (Å²) in [5.41, 5.74) is 1.13. The van der Waals surface area contributed by atoms with Crippen LogP contribution < -0.4 is 10.6 Å². The molecule has 1 saturated carbocycles. The highest BCUT2D eigenvalue weighted by atomic mass is 35.5. The van der Waals surface area contributed by atoms with Crippen LogP contribution in [0, 0.1) is 0 Å². The highest BCUT2D eigenvalue weighted by Gasteiger charge is 2.40. The maximum Gasteiger partial charge on any atom is 0.234 e. The molecular weight excluding hydrogens is 298 g/mol. The Kier molecular flexibility index (Phi) is 5.84. The quantitative estimate of drug-likeness (QED) is 0.889. The molecule has 2 aliphatic rings. The van der Waals surface area contributed by atoms with E-state index < -0.39 is 0 Å². The van der Waals surface area contributed by atoms with Gasteiger partial charge in [0.2, 0.25) is 5.91 Å². The van der Waals surface area contributed by atoms with Gasteiger partial charge in [0.05, 0.1) is 12.1 Å². The summed E-state index contributed by atoms with van der Waals surface area (Å²) in [6, 6.07) is 10.8. The second-order valence-electron chi connectivity index (χ2n) is 6.37. The first kappa shape index (κ1) is 17.3. The number of hydrogen-bond acceptors (Lipinski definition) is 3. The Bertz CT molecular complexity index is 490. The third kappa shape index (κ3) is 3.62. The van der Waals surface area contributed by atoms with E-state index in [0.717, 1.165) is 32.5 Å². The van der Waals surface area contributed by atoms with E-state index >= 15 is 0 Å². The van der Waals surface area contributed by atoms with Gasteiger partial charge in [0.25, 0.3) is 0 Å². The van der Waals surface area contributed by atoms with Gasteiger partial charge in [-0.05, 0) is 31.7 Å². The van der Waals surface area contributed by atoms with Gasteiger partial charge in [-0.25, -0.2) is 0 Å². The molecule has 1 aliphatic carbocycles. The molecule has 1 atom stereocenters. The van der Waals surface area contributed by atoms with Gasteiger partial charge in [0.1, 0.15) is 0 Å². The molecule has 1 aliphatic heterocycles. The predicted molar refractivity (Wildman–Crippen MR) is 91.3 cm³/mol. The summed E-state index contributed by atoms with van der Waals surface area (Å²) in [5, 5.41) is 6.67. The van der Waals surface area contributed by atoms with Crippen LogP contribution in [0.2, 0.25) is 0 Å². The molecule has 5 heteroatoms. The summed E-state index contributed by atoms with van der Waals surface area (Å²) in [4.78, 5) is 14.7. The third-order valence-corrected chi connectivity index (χ3v) is 4.90. The molecule has 1 aromatic rings. The van der Waals surface area contributed by atoms with E-state index in [1.54, 1.807) is 0 Å². The van der Waals surface area contributed by atoms with Crippen molar-refractivity contribution in [1.82, 2.24) is 15.5 Å². The molecule has 0 aromatic heterocycles. The standard InChI is InChI=1S/C17H25N3O.ClH/c1-14-12-18-10-11-20(14)13-16(21)19-17(8-5-9-17)15-6-3-2-4-7-15;/h2-4,6-7,14,18H,5,8-13H2,1H3,(H,19,21);1H/t14-;/m1./s1. The lowest BCUT2D eigenvalue weighted by atomic mass is 9.72. The maximum atomic E-state index is 12.5. The maximum absolute atomic E-state index is 12.5. The number of piperazine rings is 1. The molecule has 3 rings (SSSR count). The van der Waals surface area contributed by atoms with Crippen LogP contribution >= 0.6 is 12.4 Å². The van der Waals surface area contributed by atoms with Crippen LogP contribution in [0.15, 0.2) is 30.3 Å². The average molecular weight is 324 g/mol. The van der Waals surface area contributed by atoms with Gasteiger partial charge in [0.15, 0.2) is 0 Å². The number of rotatable bonds is 4. The fourth-order valence-corrected chi connectivity index (χ4v) is 3.38. The number of carbonyl (C=O) groups is 1. The largest absolute Gasteiger partial charge is 0.345 e. The third-order valence-electron chi connectivity index (χ3n) is 4.90. The topological polar surface area (TPSA) is 44.4 Å². The molecule has 122 valence electrons. The van der Waals surface area contributed by atoms with E-state index in [-0.39, 0.29) is 23.9 Å². The Labute approximate surface area is 139 Å². The van der Waals surface area contributed by atoms with Crippen molar-refractivity contribution in [3.05, 3.63) is 35.9 Å². The van der Waals surface area contributed by atoms with E-state index in [1.807, 2.05) is 6.07 Å². The molecule has 0 spiro atoms. The zero-order valence-corrected chi connectivity index (χ0v) is 14.0. The van der Waals surface area contributed by atoms with E-state index in [4.69, 9.17) is 0 Å². The number of amides is 1. The van der Waals surface area contributed by atoms with E-state index in [2.05, 4.69) is 46.7 Å². The zero-order chi connectivity index (χ0) is 14.7. The van der Waals surface area contributed by atoms with Gasteiger partial charge in [-0.15, -0.1) is 12.4 Å². The normalized spacial score (nSPS) is 24.0. The summed E-state index contributed by atoms with van der Waals surface area (Å²) >= 11 is 0. The van der Waals surface area contributed by atoms with Crippen molar-refractivity contribution in [2.24, 2.45) is 0 Å². The second-order valence-corrected chi connectivity index (χ2v) is 6.37. The van der Waals surface area contributed by atoms with Crippen molar-refractivity contribution < 1.29 is 4.79 Å². The first-order chi connectivity index (χ1) is 10.2. The number of nitrogens with zero attached hydrogens (tertiary/aromatic N) is 1. The fourth-order valence-electron chi connectivity index (χ4n) is 3.38. The minimum Gasteiger partial charge on any atom is -0.345 e. The minimum absolute atomic E-state index is 0. The Morgan fingerprint density at radius 3 is 2.68 bits per heavy atom. The summed E-state index contributed by atoms with van der Waals surface area (Å²) in [6.07, 6.45) is 3.30. The molecule has 4 nitrogen and oxygen atoms in total. The van der Waals surface area contributed by atoms with Gasteiger partial charge < -0.3 is 10.6 Å². The highest BCUT2D eigenvalue weighted by molar-refractivity contribution is 5.85. The van der Waals surface area contributed by atoms with Gasteiger partial charge in [-0.1, -0.05) is 30.3 Å². The number of carbonyl (C=O) groups excluding carboxylic acids is 1. The average Bonchev–Trinajstić information content (AvgIpc) is 2.46. The van der Waals surface area contributed by atoms with Crippen LogP contribution in [0.5, 0.6) is 0 Å². The monoisotopic (exact) mass is 323 g/mol. The lowest BCUT2D eigenvalue weighted by molar-refractivity contribution is -0.126. The van der Waals surface area contributed by atoms with Crippen molar-refractivity contribution in [1.29, 1.82) is 0 Å². The Hall–Kier alpha value is -1.10. The molecule has 0 unspecified atom stereocenters. The molecule has 1 aromatic carbocycles. The first-order valence-electron chi connectivity index (χ1n) is 8.01. The number of hydrogen-bond donors (Lipinski definition) is 2. The second kappa shape index (κ2) is 7.44. The van der Waals surface area contributed by atoms with Crippen LogP contribution in [0.3, 0.4) is 0 Å². The molecule has 22 heavy (non-hydrogen) atoms. The minimum atomic E-state index is -0.115. The predicted octanol–water partition coefficient (Wildman–Crippen LogP) is 1.90. The Morgan fingerprint density at radius 1 is 1.36 bits per heavy atom. The van der Waals surface area contributed by atoms with Crippen LogP contribution in [0.25, 0.3) is 0 Å². The summed E-state index contributed by atoms with van der Waals surface area (Å²) in [5.74, 6) is 0.160. The van der Waals surface area contributed by atoms with Crippen molar-refractivity contribution in [3.63, 3.8) is 0 Å². The van der Waals surface area contributed by atoms with Gasteiger partial charge in [-0.3, -0.25) is 9.69 Å². The summed E-state index contributed by atoms with van der Waals surface area (Å²) in [7, 11) is 0. The zero-order valence-electron chi connectivity index (χ0n) is 13.2. The van der Waals surface area contributed by atoms with Crippen LogP contribution in [-0.4, -0.2) is 43.0 Å². The lowest BCUT2D eigenvalue weighted by Gasteiger charge is -2.44. The number of halogens is 1. The van der Waals surface area contributed by atoms with Crippen LogP contribution in [-0.2, 0) is 10.3 Å². The Morgan fingerprint density at radius 2 is 2.09 bits per heavy atom. The Balaban J connectivity index is 0.00000176. The van der Waals surface area contributed by atoms with Crippen molar-refractivity contribution >= 4 is 18.3 Å². The van der Waals surface area contributed by atoms with Crippen molar-refractivity contribution in [3.8, 4) is 0 Å². The number of benzene rings is 1. The van der Waals surface area contributed by atoms with Crippen molar-refractivity contribution in [2.45, 2.75) is 37.8 Å². The highest BCUT2D eigenvalue weighted by Crippen LogP contribution is 2.41. The van der Waals surface area contributed by atoms with E-state index in [1.165, 1.54) is 12.0 Å². The first-order valence-corrected chi connectivity index (χ1v) is 8.01. The van der Waals surface area contributed by atoms with Crippen LogP contribution in [0.1, 0.15) is 31.7 Å². The summed E-state index contributed by atoms with van der Waals surface area (Å²) < 4.78 is 0. The van der Waals surface area contributed by atoms with Gasteiger partial charge in [-0.2, -0.15) is 0 Å². The molecule has 1 amide bonds. The van der Waals surface area contributed by atoms with Gasteiger partial charge >= 0.3 is 0 Å². The van der Waals surface area contributed by atoms with Gasteiger partial charge in [0, 0.05) is 25.7 Å².